The van der Waals surface area contributed by atoms with Crippen molar-refractivity contribution in [3.05, 3.63) is 70.9 Å². The Morgan fingerprint density at radius 3 is 2.69 bits per heavy atom. The summed E-state index contributed by atoms with van der Waals surface area (Å²) in [5.41, 5.74) is 2.23. The Kier molecular flexibility index (Phi) is 8.19. The van der Waals surface area contributed by atoms with Crippen LogP contribution >= 0.6 is 23.2 Å². The molecule has 1 aliphatic heterocycles. The number of terminal acetylenes is 1. The van der Waals surface area contributed by atoms with E-state index in [-0.39, 0.29) is 31.3 Å². The second kappa shape index (κ2) is 11.5. The predicted octanol–water partition coefficient (Wildman–Crippen LogP) is 3.35. The fraction of sp³-hybridized carbons (Fsp3) is 0.296. The molecule has 0 radical (unpaired) electrons. The summed E-state index contributed by atoms with van der Waals surface area (Å²) in [7, 11) is 0. The summed E-state index contributed by atoms with van der Waals surface area (Å²) >= 11 is 12.5. The van der Waals surface area contributed by atoms with Crippen molar-refractivity contribution in [1.29, 1.82) is 0 Å². The number of rotatable bonds is 9. The zero-order valence-corrected chi connectivity index (χ0v) is 21.1. The van der Waals surface area contributed by atoms with Crippen LogP contribution in [0.4, 0.5) is 0 Å². The van der Waals surface area contributed by atoms with Crippen LogP contribution in [0.3, 0.4) is 0 Å². The molecule has 3 amide bonds. The minimum absolute atomic E-state index is 0.0597. The van der Waals surface area contributed by atoms with Gasteiger partial charge in [-0.3, -0.25) is 14.4 Å². The molecule has 2 atom stereocenters. The highest BCUT2D eigenvalue weighted by Gasteiger charge is 2.42. The topological polar surface area (TPSA) is 85.5 Å². The second-order valence-corrected chi connectivity index (χ2v) is 9.58. The van der Waals surface area contributed by atoms with Crippen LogP contribution in [0.2, 0.25) is 5.02 Å². The predicted molar refractivity (Wildman–Crippen MR) is 140 cm³/mol. The number of para-hydroxylation sites is 1. The number of benzene rings is 2. The van der Waals surface area contributed by atoms with Crippen molar-refractivity contribution in [1.82, 2.24) is 20.1 Å². The van der Waals surface area contributed by atoms with Crippen molar-refractivity contribution >= 4 is 51.8 Å². The molecule has 2 N–H and O–H groups in total. The number of fused-ring (bicyclic) bond motifs is 1. The van der Waals surface area contributed by atoms with Crippen molar-refractivity contribution in [2.24, 2.45) is 0 Å². The normalized spacial score (nSPS) is 16.8. The zero-order chi connectivity index (χ0) is 25.7. The number of carbonyl (C=O) groups is 3. The number of hydrogen-bond donors (Lipinski definition) is 2. The molecule has 1 fully saturated rings. The van der Waals surface area contributed by atoms with Crippen LogP contribution in [0.5, 0.6) is 0 Å². The van der Waals surface area contributed by atoms with Crippen molar-refractivity contribution in [2.75, 3.05) is 19.6 Å². The number of hydrogen-bond acceptors (Lipinski definition) is 3. The molecule has 4 rings (SSSR count). The summed E-state index contributed by atoms with van der Waals surface area (Å²) in [5, 5.41) is 4.56. The quantitative estimate of drug-likeness (QED) is 0.255. The van der Waals surface area contributed by atoms with Gasteiger partial charge in [-0.2, -0.15) is 0 Å². The van der Waals surface area contributed by atoms with Gasteiger partial charge in [0.2, 0.25) is 17.7 Å². The summed E-state index contributed by atoms with van der Waals surface area (Å²) in [6.07, 6.45) is 8.12. The minimum atomic E-state index is -1.01. The lowest BCUT2D eigenvalue weighted by atomic mass is 10.0. The van der Waals surface area contributed by atoms with Crippen LogP contribution in [-0.4, -0.2) is 63.7 Å². The fourth-order valence-electron chi connectivity index (χ4n) is 4.39. The summed E-state index contributed by atoms with van der Waals surface area (Å²) in [4.78, 5) is 44.8. The summed E-state index contributed by atoms with van der Waals surface area (Å²) in [6, 6.07) is 14.0. The second-order valence-electron chi connectivity index (χ2n) is 8.64. The molecular formula is C27H26Cl2N4O3. The lowest BCUT2D eigenvalue weighted by Gasteiger charge is -2.41. The Hall–Kier alpha value is -3.47. The first-order valence-electron chi connectivity index (χ1n) is 11.6. The number of carbonyl (C=O) groups excluding carboxylic acids is 3. The lowest BCUT2D eigenvalue weighted by Crippen LogP contribution is -2.62. The van der Waals surface area contributed by atoms with Gasteiger partial charge in [0.05, 0.1) is 13.0 Å². The number of nitrogens with one attached hydrogen (secondary N) is 2. The number of H-pyrrole nitrogens is 1. The zero-order valence-electron chi connectivity index (χ0n) is 19.5. The number of alkyl halides is 1. The van der Waals surface area contributed by atoms with Gasteiger partial charge in [0, 0.05) is 35.1 Å². The van der Waals surface area contributed by atoms with E-state index in [2.05, 4.69) is 16.2 Å². The molecule has 0 aliphatic carbocycles. The molecule has 3 aromatic rings. The number of nitrogens with zero attached hydrogens (tertiary/aromatic N) is 2. The largest absolute Gasteiger partial charge is 0.361 e. The molecule has 2 heterocycles. The molecule has 0 spiro atoms. The van der Waals surface area contributed by atoms with E-state index in [1.54, 1.807) is 12.1 Å². The van der Waals surface area contributed by atoms with Gasteiger partial charge in [-0.05, 0) is 35.7 Å². The molecule has 1 saturated heterocycles. The van der Waals surface area contributed by atoms with E-state index in [1.165, 1.54) is 9.80 Å². The molecule has 2 aromatic carbocycles. The molecule has 0 saturated carbocycles. The maximum absolute atomic E-state index is 13.4. The third-order valence-corrected chi connectivity index (χ3v) is 6.90. The monoisotopic (exact) mass is 524 g/mol. The van der Waals surface area contributed by atoms with Crippen molar-refractivity contribution in [2.45, 2.75) is 30.8 Å². The van der Waals surface area contributed by atoms with E-state index in [0.717, 1.165) is 22.0 Å². The molecular weight excluding hydrogens is 499 g/mol. The maximum Gasteiger partial charge on any atom is 0.247 e. The van der Waals surface area contributed by atoms with Crippen molar-refractivity contribution in [3.63, 3.8) is 0 Å². The fourth-order valence-corrected chi connectivity index (χ4v) is 4.86. The third kappa shape index (κ3) is 5.84. The molecule has 186 valence electrons. The van der Waals surface area contributed by atoms with E-state index >= 15 is 0 Å². The molecule has 0 bridgehead atoms. The highest BCUT2D eigenvalue weighted by Crippen LogP contribution is 2.23. The molecule has 9 heteroatoms. The summed E-state index contributed by atoms with van der Waals surface area (Å²) in [6.45, 7) is 0.139. The smallest absolute Gasteiger partial charge is 0.247 e. The Labute approximate surface area is 219 Å². The Morgan fingerprint density at radius 2 is 1.94 bits per heavy atom. The Morgan fingerprint density at radius 1 is 1.19 bits per heavy atom. The highest BCUT2D eigenvalue weighted by molar-refractivity contribution is 6.30. The van der Waals surface area contributed by atoms with Crippen LogP contribution < -0.4 is 5.32 Å². The van der Waals surface area contributed by atoms with Gasteiger partial charge >= 0.3 is 0 Å². The highest BCUT2D eigenvalue weighted by atomic mass is 35.5. The van der Waals surface area contributed by atoms with Gasteiger partial charge < -0.3 is 20.1 Å². The van der Waals surface area contributed by atoms with E-state index in [0.29, 0.717) is 24.4 Å². The third-order valence-electron chi connectivity index (χ3n) is 6.26. The number of aromatic nitrogens is 1. The van der Waals surface area contributed by atoms with Gasteiger partial charge in [-0.25, -0.2) is 0 Å². The standard InChI is InChI=1S/C27H26Cl2N4O3/c1-2-13-32-23(15-25(34)30-12-11-19-16-31-22-6-4-3-5-21(19)22)27(36)33(17-26(32)35)24(29)14-18-7-9-20(28)10-8-18/h1,3-10,16,23-24,31H,11-15,17H2,(H,30,34). The number of piperazine rings is 1. The maximum atomic E-state index is 13.4. The van der Waals surface area contributed by atoms with E-state index in [1.807, 2.05) is 42.6 Å². The Bertz CT molecular complexity index is 1300. The van der Waals surface area contributed by atoms with Crippen LogP contribution in [-0.2, 0) is 27.2 Å². The van der Waals surface area contributed by atoms with Gasteiger partial charge in [-0.15, -0.1) is 6.42 Å². The number of aromatic amines is 1. The SMILES string of the molecule is C#CCN1C(=O)CN(C(Cl)Cc2ccc(Cl)cc2)C(=O)C1CC(=O)NCCc1c[nH]c2ccccc12. The molecule has 36 heavy (non-hydrogen) atoms. The first kappa shape index (κ1) is 25.6. The van der Waals surface area contributed by atoms with Crippen molar-refractivity contribution < 1.29 is 14.4 Å². The van der Waals surface area contributed by atoms with Gasteiger partial charge in [-0.1, -0.05) is 59.5 Å². The van der Waals surface area contributed by atoms with E-state index < -0.39 is 17.5 Å². The first-order valence-corrected chi connectivity index (χ1v) is 12.4. The first-order chi connectivity index (χ1) is 17.4. The lowest BCUT2D eigenvalue weighted by molar-refractivity contribution is -0.157. The average molecular weight is 525 g/mol. The number of amides is 3. The Balaban J connectivity index is 1.40. The van der Waals surface area contributed by atoms with Crippen LogP contribution in [0, 0.1) is 12.3 Å². The van der Waals surface area contributed by atoms with Crippen LogP contribution in [0.25, 0.3) is 10.9 Å². The van der Waals surface area contributed by atoms with Gasteiger partial charge in [0.1, 0.15) is 18.1 Å². The van der Waals surface area contributed by atoms with Crippen molar-refractivity contribution in [3.8, 4) is 12.3 Å². The van der Waals surface area contributed by atoms with Crippen LogP contribution in [0.15, 0.2) is 54.7 Å². The molecule has 1 aromatic heterocycles. The molecule has 1 aliphatic rings. The molecule has 2 unspecified atom stereocenters. The van der Waals surface area contributed by atoms with Crippen LogP contribution in [0.1, 0.15) is 17.5 Å². The van der Waals surface area contributed by atoms with Gasteiger partial charge in [0.25, 0.3) is 0 Å². The van der Waals surface area contributed by atoms with E-state index in [4.69, 9.17) is 29.6 Å². The summed E-state index contributed by atoms with van der Waals surface area (Å²) < 4.78 is 0. The summed E-state index contributed by atoms with van der Waals surface area (Å²) in [5.74, 6) is 1.33. The van der Waals surface area contributed by atoms with Gasteiger partial charge in [0.15, 0.2) is 0 Å². The van der Waals surface area contributed by atoms with E-state index in [9.17, 15) is 14.4 Å². The number of halogens is 2. The minimum Gasteiger partial charge on any atom is -0.361 e. The average Bonchev–Trinajstić information content (AvgIpc) is 3.28. The molecule has 7 nitrogen and oxygen atoms in total.